The molecule has 1 aliphatic carbocycles. The molecule has 28 heavy (non-hydrogen) atoms. The Morgan fingerprint density at radius 1 is 1.29 bits per heavy atom. The molecule has 2 unspecified atom stereocenters. The molecule has 0 aromatic carbocycles. The van der Waals surface area contributed by atoms with Gasteiger partial charge in [0.15, 0.2) is 11.5 Å². The summed E-state index contributed by atoms with van der Waals surface area (Å²) >= 11 is 5.19. The summed E-state index contributed by atoms with van der Waals surface area (Å²) in [6.07, 6.45) is 6.75. The number of thiocarbonyl (C=S) groups is 1. The van der Waals surface area contributed by atoms with Gasteiger partial charge in [0, 0.05) is 32.3 Å². The Morgan fingerprint density at radius 3 is 2.57 bits per heavy atom. The van der Waals surface area contributed by atoms with Gasteiger partial charge < -0.3 is 32.7 Å². The Hall–Kier alpha value is -2.79. The van der Waals surface area contributed by atoms with Crippen molar-refractivity contribution in [1.29, 1.82) is 0 Å². The summed E-state index contributed by atoms with van der Waals surface area (Å²) in [5.41, 5.74) is 17.1. The maximum Gasteiger partial charge on any atom is 0.271 e. The van der Waals surface area contributed by atoms with Crippen LogP contribution in [0.25, 0.3) is 0 Å². The number of nitrogens with one attached hydrogen (secondary N) is 2. The third-order valence-electron chi connectivity index (χ3n) is 4.34. The van der Waals surface area contributed by atoms with E-state index in [1.807, 2.05) is 0 Å². The van der Waals surface area contributed by atoms with Crippen molar-refractivity contribution in [3.05, 3.63) is 23.7 Å². The van der Waals surface area contributed by atoms with Gasteiger partial charge in [0.1, 0.15) is 16.5 Å². The molecule has 1 saturated carbocycles. The van der Waals surface area contributed by atoms with Gasteiger partial charge in [-0.15, -0.1) is 0 Å². The molecule has 0 saturated heterocycles. The van der Waals surface area contributed by atoms with Crippen molar-refractivity contribution in [2.75, 3.05) is 24.7 Å². The van der Waals surface area contributed by atoms with Crippen LogP contribution in [0.5, 0.6) is 0 Å². The molecule has 1 aromatic rings. The number of carbonyl (C=O) groups excluding carboxylic acids is 2. The minimum atomic E-state index is -0.764. The zero-order valence-corrected chi connectivity index (χ0v) is 16.8. The summed E-state index contributed by atoms with van der Waals surface area (Å²) in [6.45, 7) is 0. The Labute approximate surface area is 168 Å². The summed E-state index contributed by atoms with van der Waals surface area (Å²) in [5.74, 6) is -0.640. The van der Waals surface area contributed by atoms with Crippen LogP contribution in [-0.2, 0) is 4.79 Å². The first-order valence-electron chi connectivity index (χ1n) is 8.87. The van der Waals surface area contributed by atoms with Gasteiger partial charge in [0.25, 0.3) is 11.8 Å². The van der Waals surface area contributed by atoms with Crippen LogP contribution in [0.15, 0.2) is 18.0 Å². The van der Waals surface area contributed by atoms with Crippen LogP contribution < -0.4 is 27.8 Å². The lowest BCUT2D eigenvalue weighted by molar-refractivity contribution is -0.124. The van der Waals surface area contributed by atoms with Gasteiger partial charge in [-0.2, -0.15) is 0 Å². The van der Waals surface area contributed by atoms with Crippen molar-refractivity contribution in [1.82, 2.24) is 14.9 Å². The van der Waals surface area contributed by atoms with Gasteiger partial charge in [-0.25, -0.2) is 9.97 Å². The van der Waals surface area contributed by atoms with E-state index >= 15 is 0 Å². The zero-order chi connectivity index (χ0) is 20.8. The number of carbonyl (C=O) groups is 2. The number of likely N-dealkylation sites (N-methyl/N-ethyl adjacent to an activating group) is 1. The second-order valence-corrected chi connectivity index (χ2v) is 7.24. The molecule has 0 bridgehead atoms. The molecule has 0 radical (unpaired) electrons. The number of primary amides is 1. The van der Waals surface area contributed by atoms with E-state index in [1.54, 1.807) is 14.1 Å². The minimum Gasteiger partial charge on any atom is -0.394 e. The Morgan fingerprint density at radius 2 is 1.96 bits per heavy atom. The fourth-order valence-electron chi connectivity index (χ4n) is 2.87. The van der Waals surface area contributed by atoms with E-state index in [9.17, 15) is 9.59 Å². The average molecular weight is 407 g/mol. The SMILES string of the molecule is CN(C)C(=O)/C(N)=C/C(=S)Nc1nc(NC2CCCCC2N)cnc1C(N)=O. The van der Waals surface area contributed by atoms with Crippen molar-refractivity contribution < 1.29 is 9.59 Å². The first-order chi connectivity index (χ1) is 13.2. The molecule has 10 nitrogen and oxygen atoms in total. The Balaban J connectivity index is 2.21. The number of hydrogen-bond donors (Lipinski definition) is 5. The highest BCUT2D eigenvalue weighted by molar-refractivity contribution is 7.81. The maximum atomic E-state index is 11.8. The van der Waals surface area contributed by atoms with Crippen LogP contribution in [0, 0.1) is 0 Å². The van der Waals surface area contributed by atoms with Crippen molar-refractivity contribution >= 4 is 40.7 Å². The molecule has 2 rings (SSSR count). The van der Waals surface area contributed by atoms with Gasteiger partial charge in [-0.05, 0) is 12.8 Å². The van der Waals surface area contributed by atoms with Gasteiger partial charge in [-0.3, -0.25) is 9.59 Å². The molecule has 152 valence electrons. The van der Waals surface area contributed by atoms with E-state index in [0.717, 1.165) is 25.7 Å². The number of amides is 2. The van der Waals surface area contributed by atoms with Gasteiger partial charge in [0.2, 0.25) is 0 Å². The Kier molecular flexibility index (Phi) is 7.24. The molecule has 1 aliphatic rings. The lowest BCUT2D eigenvalue weighted by Gasteiger charge is -2.29. The second-order valence-electron chi connectivity index (χ2n) is 6.80. The van der Waals surface area contributed by atoms with Crippen molar-refractivity contribution in [3.8, 4) is 0 Å². The highest BCUT2D eigenvalue weighted by Crippen LogP contribution is 2.21. The van der Waals surface area contributed by atoms with Crippen LogP contribution in [0.3, 0.4) is 0 Å². The highest BCUT2D eigenvalue weighted by atomic mass is 32.1. The highest BCUT2D eigenvalue weighted by Gasteiger charge is 2.23. The van der Waals surface area contributed by atoms with Crippen molar-refractivity contribution in [2.24, 2.45) is 17.2 Å². The number of anilines is 2. The zero-order valence-electron chi connectivity index (χ0n) is 15.9. The van der Waals surface area contributed by atoms with Gasteiger partial charge in [-0.1, -0.05) is 25.1 Å². The predicted molar refractivity (Wildman–Crippen MR) is 112 cm³/mol. The molecule has 2 amide bonds. The van der Waals surface area contributed by atoms with Crippen LogP contribution in [0.2, 0.25) is 0 Å². The number of rotatable bonds is 6. The number of nitrogens with two attached hydrogens (primary N) is 3. The molecular weight excluding hydrogens is 380 g/mol. The summed E-state index contributed by atoms with van der Waals surface area (Å²) in [4.78, 5) is 33.3. The quantitative estimate of drug-likeness (QED) is 0.321. The summed E-state index contributed by atoms with van der Waals surface area (Å²) < 4.78 is 0. The monoisotopic (exact) mass is 406 g/mol. The lowest BCUT2D eigenvalue weighted by atomic mass is 9.91. The van der Waals surface area contributed by atoms with Crippen molar-refractivity contribution in [3.63, 3.8) is 0 Å². The van der Waals surface area contributed by atoms with Crippen molar-refractivity contribution in [2.45, 2.75) is 37.8 Å². The maximum absolute atomic E-state index is 11.8. The summed E-state index contributed by atoms with van der Waals surface area (Å²) in [5, 5.41) is 6.01. The summed E-state index contributed by atoms with van der Waals surface area (Å²) in [7, 11) is 3.14. The number of hydrogen-bond acceptors (Lipinski definition) is 8. The first kappa shape index (κ1) is 21.5. The molecule has 2 atom stereocenters. The molecular formula is C17H26N8O2S. The van der Waals surface area contributed by atoms with Crippen LogP contribution in [-0.4, -0.2) is 57.8 Å². The van der Waals surface area contributed by atoms with E-state index in [2.05, 4.69) is 20.6 Å². The predicted octanol–water partition coefficient (Wildman–Crippen LogP) is -0.0726. The average Bonchev–Trinajstić information content (AvgIpc) is 2.62. The number of nitrogens with zero attached hydrogens (tertiary/aromatic N) is 3. The standard InChI is InChI=1S/C17H26N8O2S/c1-25(2)17(27)10(19)7-13(28)24-16-14(15(20)26)21-8-12(23-16)22-11-6-4-3-5-9(11)18/h7-9,11H,3-6,18-19H2,1-2H3,(H2,20,26)(H2,22,23,24,28)/b10-7-. The molecule has 1 fully saturated rings. The van der Waals surface area contributed by atoms with E-state index in [1.165, 1.54) is 17.2 Å². The summed E-state index contributed by atoms with van der Waals surface area (Å²) in [6, 6.07) is 0.0826. The van der Waals surface area contributed by atoms with Crippen LogP contribution in [0.4, 0.5) is 11.6 Å². The molecule has 11 heteroatoms. The molecule has 0 spiro atoms. The lowest BCUT2D eigenvalue weighted by Crippen LogP contribution is -2.42. The Bertz CT molecular complexity index is 795. The third kappa shape index (κ3) is 5.60. The minimum absolute atomic E-state index is 0.0173. The fraction of sp³-hybridized carbons (Fsp3) is 0.471. The van der Waals surface area contributed by atoms with Gasteiger partial charge >= 0.3 is 0 Å². The number of aromatic nitrogens is 2. The first-order valence-corrected chi connectivity index (χ1v) is 9.28. The van der Waals surface area contributed by atoms with Crippen LogP contribution in [0.1, 0.15) is 36.2 Å². The second kappa shape index (κ2) is 9.42. The smallest absolute Gasteiger partial charge is 0.271 e. The topological polar surface area (TPSA) is 165 Å². The van der Waals surface area contributed by atoms with E-state index in [4.69, 9.17) is 29.4 Å². The molecule has 1 aromatic heterocycles. The van der Waals surface area contributed by atoms with E-state index < -0.39 is 11.8 Å². The molecule has 0 aliphatic heterocycles. The largest absolute Gasteiger partial charge is 0.394 e. The molecule has 1 heterocycles. The fourth-order valence-corrected chi connectivity index (χ4v) is 3.09. The van der Waals surface area contributed by atoms with Crippen LogP contribution >= 0.6 is 12.2 Å². The van der Waals surface area contributed by atoms with Gasteiger partial charge in [0.05, 0.1) is 6.20 Å². The molecule has 8 N–H and O–H groups in total. The van der Waals surface area contributed by atoms with E-state index in [0.29, 0.717) is 5.82 Å². The normalized spacial score (nSPS) is 19.6. The van der Waals surface area contributed by atoms with E-state index in [-0.39, 0.29) is 34.3 Å². The third-order valence-corrected chi connectivity index (χ3v) is 4.56.